The summed E-state index contributed by atoms with van der Waals surface area (Å²) < 4.78 is 10.6. The smallest absolute Gasteiger partial charge is 0.241 e. The number of aromatic nitrogens is 4. The van der Waals surface area contributed by atoms with E-state index >= 15 is 0 Å². The van der Waals surface area contributed by atoms with Crippen LogP contribution in [0.25, 0.3) is 22.4 Å². The predicted octanol–water partition coefficient (Wildman–Crippen LogP) is 2.33. The van der Waals surface area contributed by atoms with Gasteiger partial charge in [0.15, 0.2) is 0 Å². The maximum atomic E-state index is 11.6. The van der Waals surface area contributed by atoms with Crippen LogP contribution < -0.4 is 15.0 Å². The highest BCUT2D eigenvalue weighted by molar-refractivity contribution is 7.96. The molecule has 2 aliphatic heterocycles. The molecular formula is C23H29N7O2S. The zero-order valence-corrected chi connectivity index (χ0v) is 20.0. The average Bonchev–Trinajstić information content (AvgIpc) is 3.45. The fourth-order valence-electron chi connectivity index (χ4n) is 4.44. The Bertz CT molecular complexity index is 1140. The van der Waals surface area contributed by atoms with Crippen molar-refractivity contribution in [1.82, 2.24) is 29.1 Å². The molecule has 10 heteroatoms. The van der Waals surface area contributed by atoms with Gasteiger partial charge >= 0.3 is 0 Å². The first-order valence-corrected chi connectivity index (χ1v) is 12.5. The second-order valence-electron chi connectivity index (χ2n) is 8.63. The van der Waals surface area contributed by atoms with Gasteiger partial charge in [0.25, 0.3) is 0 Å². The summed E-state index contributed by atoms with van der Waals surface area (Å²) in [4.78, 5) is 28.1. The van der Waals surface area contributed by atoms with Crippen molar-refractivity contribution in [2.45, 2.75) is 19.4 Å². The van der Waals surface area contributed by atoms with Crippen LogP contribution in [0.5, 0.6) is 5.88 Å². The van der Waals surface area contributed by atoms with Crippen LogP contribution in [-0.4, -0.2) is 74.8 Å². The van der Waals surface area contributed by atoms with Gasteiger partial charge in [-0.3, -0.25) is 9.78 Å². The Morgan fingerprint density at radius 1 is 1.18 bits per heavy atom. The number of rotatable bonds is 6. The lowest BCUT2D eigenvalue weighted by atomic mass is 10.0. The van der Waals surface area contributed by atoms with Crippen molar-refractivity contribution < 1.29 is 9.53 Å². The molecule has 0 radical (unpaired) electrons. The summed E-state index contributed by atoms with van der Waals surface area (Å²) in [5.74, 6) is 0.714. The Morgan fingerprint density at radius 3 is 2.67 bits per heavy atom. The normalized spacial score (nSPS) is 20.3. The van der Waals surface area contributed by atoms with Gasteiger partial charge in [-0.1, -0.05) is 11.9 Å². The first kappa shape index (κ1) is 22.0. The van der Waals surface area contributed by atoms with Crippen molar-refractivity contribution in [3.05, 3.63) is 30.7 Å². The van der Waals surface area contributed by atoms with E-state index in [0.717, 1.165) is 54.3 Å². The van der Waals surface area contributed by atoms with E-state index < -0.39 is 0 Å². The Kier molecular flexibility index (Phi) is 6.11. The van der Waals surface area contributed by atoms with E-state index in [9.17, 15) is 4.79 Å². The number of hydrogen-bond acceptors (Lipinski definition) is 8. The van der Waals surface area contributed by atoms with Crippen molar-refractivity contribution in [3.8, 4) is 17.3 Å². The van der Waals surface area contributed by atoms with Crippen molar-refractivity contribution in [3.63, 3.8) is 0 Å². The first-order valence-electron chi connectivity index (χ1n) is 11.3. The van der Waals surface area contributed by atoms with E-state index in [1.54, 1.807) is 18.3 Å². The molecular weight excluding hydrogens is 438 g/mol. The van der Waals surface area contributed by atoms with E-state index in [4.69, 9.17) is 14.7 Å². The van der Waals surface area contributed by atoms with E-state index in [-0.39, 0.29) is 17.9 Å². The number of aryl methyl sites for hydroxylation is 1. The number of carbonyl (C=O) groups is 1. The Hall–Kier alpha value is -2.85. The highest BCUT2D eigenvalue weighted by atomic mass is 32.2. The Morgan fingerprint density at radius 2 is 2.00 bits per heavy atom. The quantitative estimate of drug-likeness (QED) is 0.553. The predicted molar refractivity (Wildman–Crippen MR) is 130 cm³/mol. The molecule has 1 amide bonds. The topological polar surface area (TPSA) is 88.4 Å². The Labute approximate surface area is 197 Å². The summed E-state index contributed by atoms with van der Waals surface area (Å²) in [6, 6.07) is 6.08. The molecule has 0 spiro atoms. The number of imidazole rings is 1. The SMILES string of the molecule is CSN1CCN(c2ccc(-c3cc4ncn(C)c4c(O[C@H](C)[C@H]4CNC(=O)C4)n3)nc2)CC1. The van der Waals surface area contributed by atoms with Crippen molar-refractivity contribution >= 4 is 34.6 Å². The van der Waals surface area contributed by atoms with Crippen LogP contribution in [0.3, 0.4) is 0 Å². The molecule has 0 bridgehead atoms. The number of carbonyl (C=O) groups excluding carboxylic acids is 1. The standard InChI is InChI=1S/C23H29N7O2S/c1-15(16-10-21(31)25-12-16)32-23-22-20(26-14-28(22)2)11-19(27-23)18-5-4-17(13-24-18)29-6-8-30(33-3)9-7-29/h4-5,11,13-16H,6-10,12H2,1-3H3,(H,25,31)/t15-,16-/m1/s1. The van der Waals surface area contributed by atoms with Gasteiger partial charge in [-0.05, 0) is 31.4 Å². The molecule has 2 saturated heterocycles. The fourth-order valence-corrected chi connectivity index (χ4v) is 4.97. The molecule has 33 heavy (non-hydrogen) atoms. The molecule has 1 N–H and O–H groups in total. The third-order valence-electron chi connectivity index (χ3n) is 6.51. The molecule has 0 unspecified atom stereocenters. The second-order valence-corrected chi connectivity index (χ2v) is 9.51. The summed E-state index contributed by atoms with van der Waals surface area (Å²) in [6.45, 7) is 6.69. The third kappa shape index (κ3) is 4.49. The molecule has 174 valence electrons. The molecule has 2 fully saturated rings. The van der Waals surface area contributed by atoms with Crippen LogP contribution in [-0.2, 0) is 11.8 Å². The van der Waals surface area contributed by atoms with Crippen LogP contribution >= 0.6 is 11.9 Å². The molecule has 5 heterocycles. The molecule has 3 aromatic rings. The van der Waals surface area contributed by atoms with Crippen LogP contribution in [0.2, 0.25) is 0 Å². The first-order chi connectivity index (χ1) is 16.0. The zero-order valence-electron chi connectivity index (χ0n) is 19.2. The van der Waals surface area contributed by atoms with Crippen molar-refractivity contribution in [2.24, 2.45) is 13.0 Å². The summed E-state index contributed by atoms with van der Waals surface area (Å²) in [7, 11) is 1.93. The molecule has 9 nitrogen and oxygen atoms in total. The van der Waals surface area contributed by atoms with Gasteiger partial charge in [0.1, 0.15) is 11.6 Å². The molecule has 5 rings (SSSR count). The largest absolute Gasteiger partial charge is 0.473 e. The number of hydrogen-bond donors (Lipinski definition) is 1. The maximum absolute atomic E-state index is 11.6. The Balaban J connectivity index is 1.40. The lowest BCUT2D eigenvalue weighted by Crippen LogP contribution is -2.43. The molecule has 3 aromatic heterocycles. The van der Waals surface area contributed by atoms with Gasteiger partial charge in [0.2, 0.25) is 11.8 Å². The monoisotopic (exact) mass is 467 g/mol. The lowest BCUT2D eigenvalue weighted by molar-refractivity contribution is -0.119. The molecule has 0 saturated carbocycles. The number of ether oxygens (including phenoxy) is 1. The lowest BCUT2D eigenvalue weighted by Gasteiger charge is -2.34. The van der Waals surface area contributed by atoms with E-state index in [1.807, 2.05) is 36.9 Å². The summed E-state index contributed by atoms with van der Waals surface area (Å²) >= 11 is 1.80. The maximum Gasteiger partial charge on any atom is 0.241 e. The summed E-state index contributed by atoms with van der Waals surface area (Å²) in [6.07, 6.45) is 6.14. The van der Waals surface area contributed by atoms with Crippen LogP contribution in [0, 0.1) is 5.92 Å². The molecule has 2 aliphatic rings. The van der Waals surface area contributed by atoms with Crippen LogP contribution in [0.15, 0.2) is 30.7 Å². The number of anilines is 1. The number of fused-ring (bicyclic) bond motifs is 1. The van der Waals surface area contributed by atoms with Gasteiger partial charge in [-0.2, -0.15) is 0 Å². The number of nitrogens with one attached hydrogen (secondary N) is 1. The van der Waals surface area contributed by atoms with Gasteiger partial charge in [-0.15, -0.1) is 0 Å². The number of amides is 1. The second kappa shape index (κ2) is 9.18. The molecule has 0 aliphatic carbocycles. The third-order valence-corrected chi connectivity index (χ3v) is 7.39. The minimum Gasteiger partial charge on any atom is -0.473 e. The molecule has 0 aromatic carbocycles. The van der Waals surface area contributed by atoms with Gasteiger partial charge in [-0.25, -0.2) is 14.3 Å². The van der Waals surface area contributed by atoms with Gasteiger partial charge in [0, 0.05) is 52.1 Å². The van der Waals surface area contributed by atoms with Gasteiger partial charge < -0.3 is 19.5 Å². The minimum absolute atomic E-state index is 0.0713. The number of nitrogens with zero attached hydrogens (tertiary/aromatic N) is 6. The highest BCUT2D eigenvalue weighted by Crippen LogP contribution is 2.30. The highest BCUT2D eigenvalue weighted by Gasteiger charge is 2.29. The summed E-state index contributed by atoms with van der Waals surface area (Å²) in [5.41, 5.74) is 4.28. The summed E-state index contributed by atoms with van der Waals surface area (Å²) in [5, 5.41) is 2.88. The van der Waals surface area contributed by atoms with E-state index in [2.05, 4.69) is 31.8 Å². The van der Waals surface area contributed by atoms with E-state index in [1.165, 1.54) is 0 Å². The number of piperazine rings is 1. The van der Waals surface area contributed by atoms with Gasteiger partial charge in [0.05, 0.1) is 35.1 Å². The fraction of sp³-hybridized carbons (Fsp3) is 0.478. The molecule has 2 atom stereocenters. The van der Waals surface area contributed by atoms with Crippen LogP contribution in [0.4, 0.5) is 5.69 Å². The number of pyridine rings is 2. The average molecular weight is 468 g/mol. The van der Waals surface area contributed by atoms with E-state index in [0.29, 0.717) is 18.8 Å². The zero-order chi connectivity index (χ0) is 22.9. The minimum atomic E-state index is -0.153. The van der Waals surface area contributed by atoms with Crippen molar-refractivity contribution in [2.75, 3.05) is 43.9 Å². The van der Waals surface area contributed by atoms with Crippen LogP contribution in [0.1, 0.15) is 13.3 Å². The van der Waals surface area contributed by atoms with Crippen molar-refractivity contribution in [1.29, 1.82) is 0 Å².